The Hall–Kier alpha value is -1.43. The SMILES string of the molecule is O=C1OC(C(=O)O)Cc2c(F)cc(Br)cc21. The number of halogens is 2. The molecule has 1 heterocycles. The predicted molar refractivity (Wildman–Crippen MR) is 54.6 cm³/mol. The summed E-state index contributed by atoms with van der Waals surface area (Å²) in [6.45, 7) is 0. The van der Waals surface area contributed by atoms with Gasteiger partial charge in [0.1, 0.15) is 5.82 Å². The van der Waals surface area contributed by atoms with Gasteiger partial charge in [0.05, 0.1) is 5.56 Å². The van der Waals surface area contributed by atoms with Gasteiger partial charge < -0.3 is 9.84 Å². The lowest BCUT2D eigenvalue weighted by atomic mass is 9.98. The molecule has 16 heavy (non-hydrogen) atoms. The summed E-state index contributed by atoms with van der Waals surface area (Å²) < 4.78 is 18.6. The number of hydrogen-bond donors (Lipinski definition) is 1. The van der Waals surface area contributed by atoms with Crippen molar-refractivity contribution in [3.8, 4) is 0 Å². The summed E-state index contributed by atoms with van der Waals surface area (Å²) >= 11 is 3.05. The van der Waals surface area contributed by atoms with Gasteiger partial charge in [-0.1, -0.05) is 15.9 Å². The molecule has 0 aliphatic carbocycles. The van der Waals surface area contributed by atoms with E-state index in [1.165, 1.54) is 12.1 Å². The standard InChI is InChI=1S/C10H6BrFO4/c11-4-1-6-5(7(12)2-4)3-8(9(13)14)16-10(6)15/h1-2,8H,3H2,(H,13,14). The molecule has 0 saturated carbocycles. The van der Waals surface area contributed by atoms with Crippen molar-refractivity contribution in [3.63, 3.8) is 0 Å². The summed E-state index contributed by atoms with van der Waals surface area (Å²) in [5, 5.41) is 8.72. The number of aliphatic carboxylic acids is 1. The van der Waals surface area contributed by atoms with Crippen molar-refractivity contribution in [3.05, 3.63) is 33.5 Å². The van der Waals surface area contributed by atoms with Crippen LogP contribution in [0.3, 0.4) is 0 Å². The van der Waals surface area contributed by atoms with Crippen LogP contribution in [0.5, 0.6) is 0 Å². The van der Waals surface area contributed by atoms with Crippen LogP contribution in [0.25, 0.3) is 0 Å². The van der Waals surface area contributed by atoms with Gasteiger partial charge >= 0.3 is 11.9 Å². The van der Waals surface area contributed by atoms with Crippen LogP contribution in [0.1, 0.15) is 15.9 Å². The minimum atomic E-state index is -1.31. The van der Waals surface area contributed by atoms with Crippen molar-refractivity contribution in [1.29, 1.82) is 0 Å². The van der Waals surface area contributed by atoms with Crippen LogP contribution in [0.15, 0.2) is 16.6 Å². The van der Waals surface area contributed by atoms with Gasteiger partial charge in [-0.2, -0.15) is 0 Å². The maximum atomic E-state index is 13.5. The summed E-state index contributed by atoms with van der Waals surface area (Å²) in [5.41, 5.74) is 0.163. The highest BCUT2D eigenvalue weighted by Gasteiger charge is 2.33. The van der Waals surface area contributed by atoms with Gasteiger partial charge in [-0.05, 0) is 12.1 Å². The zero-order valence-corrected chi connectivity index (χ0v) is 9.45. The van der Waals surface area contributed by atoms with Gasteiger partial charge in [0, 0.05) is 16.5 Å². The Kier molecular flexibility index (Phi) is 2.67. The van der Waals surface area contributed by atoms with Gasteiger partial charge in [0.25, 0.3) is 0 Å². The Labute approximate surface area is 98.1 Å². The molecule has 0 radical (unpaired) electrons. The van der Waals surface area contributed by atoms with Crippen LogP contribution in [0, 0.1) is 5.82 Å². The fourth-order valence-electron chi connectivity index (χ4n) is 1.55. The van der Waals surface area contributed by atoms with Crippen molar-refractivity contribution in [2.45, 2.75) is 12.5 Å². The van der Waals surface area contributed by atoms with Crippen LogP contribution in [0.2, 0.25) is 0 Å². The van der Waals surface area contributed by atoms with E-state index in [-0.39, 0.29) is 17.5 Å². The molecule has 1 unspecified atom stereocenters. The van der Waals surface area contributed by atoms with Gasteiger partial charge in [0.15, 0.2) is 0 Å². The largest absolute Gasteiger partial charge is 0.478 e. The van der Waals surface area contributed by atoms with Crippen molar-refractivity contribution >= 4 is 27.9 Å². The summed E-state index contributed by atoms with van der Waals surface area (Å²) in [6.07, 6.45) is -1.45. The third-order valence-corrected chi connectivity index (χ3v) is 2.75. The lowest BCUT2D eigenvalue weighted by Gasteiger charge is -2.22. The third-order valence-electron chi connectivity index (χ3n) is 2.29. The van der Waals surface area contributed by atoms with Gasteiger partial charge in [-0.15, -0.1) is 0 Å². The highest BCUT2D eigenvalue weighted by molar-refractivity contribution is 9.10. The molecule has 0 amide bonds. The molecule has 4 nitrogen and oxygen atoms in total. The molecule has 0 saturated heterocycles. The summed E-state index contributed by atoms with van der Waals surface area (Å²) in [7, 11) is 0. The van der Waals surface area contributed by atoms with Gasteiger partial charge in [-0.3, -0.25) is 0 Å². The second-order valence-electron chi connectivity index (χ2n) is 3.35. The number of fused-ring (bicyclic) bond motifs is 1. The van der Waals surface area contributed by atoms with Crippen molar-refractivity contribution in [1.82, 2.24) is 0 Å². The number of carboxylic acids is 1. The smallest absolute Gasteiger partial charge is 0.345 e. The molecular weight excluding hydrogens is 283 g/mol. The number of esters is 1. The molecule has 0 fully saturated rings. The van der Waals surface area contributed by atoms with E-state index in [2.05, 4.69) is 20.7 Å². The zero-order valence-electron chi connectivity index (χ0n) is 7.87. The van der Waals surface area contributed by atoms with Crippen molar-refractivity contribution in [2.24, 2.45) is 0 Å². The van der Waals surface area contributed by atoms with E-state index < -0.39 is 23.9 Å². The average Bonchev–Trinajstić information content (AvgIpc) is 2.19. The molecule has 1 aliphatic rings. The van der Waals surface area contributed by atoms with Gasteiger partial charge in [0.2, 0.25) is 6.10 Å². The Balaban J connectivity index is 2.50. The fraction of sp³-hybridized carbons (Fsp3) is 0.200. The first-order valence-corrected chi connectivity index (χ1v) is 5.20. The molecule has 1 atom stereocenters. The predicted octanol–water partition coefficient (Wildman–Crippen LogP) is 1.75. The normalized spacial score (nSPS) is 18.9. The molecule has 0 bridgehead atoms. The minimum absolute atomic E-state index is 0.0735. The Morgan fingerprint density at radius 2 is 2.25 bits per heavy atom. The first-order valence-electron chi connectivity index (χ1n) is 4.40. The second-order valence-corrected chi connectivity index (χ2v) is 4.27. The van der Waals surface area contributed by atoms with E-state index >= 15 is 0 Å². The first kappa shape index (κ1) is 11.1. The summed E-state index contributed by atoms with van der Waals surface area (Å²) in [5.74, 6) is -2.69. The maximum Gasteiger partial charge on any atom is 0.345 e. The zero-order chi connectivity index (χ0) is 11.9. The molecule has 1 aliphatic heterocycles. The Morgan fingerprint density at radius 3 is 2.88 bits per heavy atom. The van der Waals surface area contributed by atoms with Crippen LogP contribution < -0.4 is 0 Å². The van der Waals surface area contributed by atoms with E-state index in [1.54, 1.807) is 0 Å². The minimum Gasteiger partial charge on any atom is -0.478 e. The van der Waals surface area contributed by atoms with Crippen LogP contribution in [-0.2, 0) is 16.0 Å². The van der Waals surface area contributed by atoms with Gasteiger partial charge in [-0.25, -0.2) is 14.0 Å². The fourth-order valence-corrected chi connectivity index (χ4v) is 1.98. The Bertz CT molecular complexity index is 486. The lowest BCUT2D eigenvalue weighted by molar-refractivity contribution is -0.147. The van der Waals surface area contributed by atoms with E-state index in [9.17, 15) is 14.0 Å². The molecule has 1 aromatic rings. The average molecular weight is 289 g/mol. The number of cyclic esters (lactones) is 1. The van der Waals surface area contributed by atoms with Crippen LogP contribution >= 0.6 is 15.9 Å². The van der Waals surface area contributed by atoms with Crippen molar-refractivity contribution < 1.29 is 23.8 Å². The lowest BCUT2D eigenvalue weighted by Crippen LogP contribution is -2.34. The number of rotatable bonds is 1. The van der Waals surface area contributed by atoms with Crippen LogP contribution in [0.4, 0.5) is 4.39 Å². The second kappa shape index (κ2) is 3.86. The molecular formula is C10H6BrFO4. The van der Waals surface area contributed by atoms with E-state index in [4.69, 9.17) is 5.11 Å². The topological polar surface area (TPSA) is 63.6 Å². The van der Waals surface area contributed by atoms with E-state index in [0.717, 1.165) is 0 Å². The highest BCUT2D eigenvalue weighted by Crippen LogP contribution is 2.27. The molecule has 1 N–H and O–H groups in total. The Morgan fingerprint density at radius 1 is 1.56 bits per heavy atom. The molecule has 0 aromatic heterocycles. The quantitative estimate of drug-likeness (QED) is 0.800. The molecule has 0 spiro atoms. The number of carbonyl (C=O) groups is 2. The molecule has 6 heteroatoms. The van der Waals surface area contributed by atoms with E-state index in [1.807, 2.05) is 0 Å². The molecule has 1 aromatic carbocycles. The number of carbonyl (C=O) groups excluding carboxylic acids is 1. The monoisotopic (exact) mass is 288 g/mol. The summed E-state index contributed by atoms with van der Waals surface area (Å²) in [6, 6.07) is 2.61. The van der Waals surface area contributed by atoms with Crippen LogP contribution in [-0.4, -0.2) is 23.1 Å². The maximum absolute atomic E-state index is 13.5. The highest BCUT2D eigenvalue weighted by atomic mass is 79.9. The third kappa shape index (κ3) is 1.80. The summed E-state index contributed by atoms with van der Waals surface area (Å²) in [4.78, 5) is 22.1. The number of ether oxygens (including phenoxy) is 1. The number of carboxylic acid groups (broad SMARTS) is 1. The molecule has 2 rings (SSSR count). The van der Waals surface area contributed by atoms with Crippen molar-refractivity contribution in [2.75, 3.05) is 0 Å². The number of hydrogen-bond acceptors (Lipinski definition) is 3. The van der Waals surface area contributed by atoms with E-state index in [0.29, 0.717) is 4.47 Å². The number of benzene rings is 1. The first-order chi connectivity index (χ1) is 7.49. The molecule has 84 valence electrons.